The van der Waals surface area contributed by atoms with Crippen molar-refractivity contribution in [3.05, 3.63) is 77.0 Å². The maximum Gasteiger partial charge on any atom is 0.255 e. The number of benzene rings is 2. The molecule has 5 rings (SSSR count). The first-order valence-corrected chi connectivity index (χ1v) is 12.5. The summed E-state index contributed by atoms with van der Waals surface area (Å²) in [6, 6.07) is 13.2. The summed E-state index contributed by atoms with van der Waals surface area (Å²) < 4.78 is 6.14. The highest BCUT2D eigenvalue weighted by Gasteiger charge is 2.39. The van der Waals surface area contributed by atoms with Gasteiger partial charge in [-0.15, -0.1) is 0 Å². The molecule has 8 nitrogen and oxygen atoms in total. The second kappa shape index (κ2) is 10.1. The van der Waals surface area contributed by atoms with E-state index in [0.717, 1.165) is 42.9 Å². The number of carbonyl (C=O) groups is 3. The molecule has 0 radical (unpaired) electrons. The van der Waals surface area contributed by atoms with Gasteiger partial charge in [0, 0.05) is 43.0 Å². The summed E-state index contributed by atoms with van der Waals surface area (Å²) in [7, 11) is 0. The number of allylic oxidation sites excluding steroid dienone is 1. The molecule has 2 saturated heterocycles. The normalized spacial score (nSPS) is 20.5. The first-order chi connectivity index (χ1) is 17.4. The molecule has 188 valence electrons. The smallest absolute Gasteiger partial charge is 0.255 e. The van der Waals surface area contributed by atoms with Crippen LogP contribution in [0.3, 0.4) is 0 Å². The molecule has 36 heavy (non-hydrogen) atoms. The number of nitrogens with zero attached hydrogens (tertiary/aromatic N) is 3. The van der Waals surface area contributed by atoms with E-state index >= 15 is 0 Å². The molecule has 0 aromatic heterocycles. The van der Waals surface area contributed by atoms with Crippen molar-refractivity contribution in [2.24, 2.45) is 0 Å². The largest absolute Gasteiger partial charge is 0.489 e. The zero-order valence-corrected chi connectivity index (χ0v) is 20.7. The maximum absolute atomic E-state index is 13.0. The molecule has 2 aromatic carbocycles. The van der Waals surface area contributed by atoms with Gasteiger partial charge in [0.15, 0.2) is 0 Å². The predicted octanol–water partition coefficient (Wildman–Crippen LogP) is 2.68. The van der Waals surface area contributed by atoms with Gasteiger partial charge in [-0.1, -0.05) is 36.9 Å². The zero-order valence-electron chi connectivity index (χ0n) is 20.7. The molecular weight excluding hydrogens is 456 g/mol. The minimum Gasteiger partial charge on any atom is -0.489 e. The summed E-state index contributed by atoms with van der Waals surface area (Å²) in [5, 5.41) is 2.77. The van der Waals surface area contributed by atoms with Crippen molar-refractivity contribution in [3.63, 3.8) is 0 Å². The molecule has 2 aromatic rings. The van der Waals surface area contributed by atoms with Crippen LogP contribution in [0.25, 0.3) is 0 Å². The number of nitrogens with one attached hydrogen (secondary N) is 1. The Balaban J connectivity index is 1.20. The van der Waals surface area contributed by atoms with Gasteiger partial charge < -0.3 is 19.9 Å². The van der Waals surface area contributed by atoms with Gasteiger partial charge in [0.2, 0.25) is 11.8 Å². The van der Waals surface area contributed by atoms with E-state index in [0.29, 0.717) is 49.5 Å². The number of likely N-dealkylation sites (N-methyl/N-ethyl adjacent to an activating group) is 1. The number of ether oxygens (including phenoxy) is 1. The van der Waals surface area contributed by atoms with Crippen molar-refractivity contribution in [1.29, 1.82) is 0 Å². The maximum atomic E-state index is 13.0. The van der Waals surface area contributed by atoms with Crippen molar-refractivity contribution in [2.75, 3.05) is 26.2 Å². The van der Waals surface area contributed by atoms with Crippen molar-refractivity contribution in [3.8, 4) is 5.75 Å². The van der Waals surface area contributed by atoms with Crippen LogP contribution < -0.4 is 10.1 Å². The average molecular weight is 489 g/mol. The van der Waals surface area contributed by atoms with E-state index in [2.05, 4.69) is 28.9 Å². The Kier molecular flexibility index (Phi) is 6.78. The Morgan fingerprint density at radius 1 is 1.03 bits per heavy atom. The average Bonchev–Trinajstić information content (AvgIpc) is 3.20. The number of hydrogen-bond donors (Lipinski definition) is 1. The summed E-state index contributed by atoms with van der Waals surface area (Å²) in [5.74, 6) is 0.549. The van der Waals surface area contributed by atoms with Gasteiger partial charge in [-0.2, -0.15) is 0 Å². The van der Waals surface area contributed by atoms with Crippen LogP contribution in [-0.4, -0.2) is 64.6 Å². The van der Waals surface area contributed by atoms with Gasteiger partial charge in [0.05, 0.1) is 13.1 Å². The quantitative estimate of drug-likeness (QED) is 0.648. The first-order valence-electron chi connectivity index (χ1n) is 12.5. The Hall–Kier alpha value is -3.65. The molecular formula is C28H32N4O4. The van der Waals surface area contributed by atoms with Crippen LogP contribution in [-0.2, 0) is 29.3 Å². The van der Waals surface area contributed by atoms with Crippen molar-refractivity contribution >= 4 is 17.7 Å². The third-order valence-corrected chi connectivity index (χ3v) is 7.25. The fraction of sp³-hybridized carbons (Fsp3) is 0.393. The van der Waals surface area contributed by atoms with Crippen LogP contribution >= 0.6 is 0 Å². The van der Waals surface area contributed by atoms with E-state index in [1.54, 1.807) is 11.0 Å². The van der Waals surface area contributed by atoms with Gasteiger partial charge in [0.1, 0.15) is 18.4 Å². The van der Waals surface area contributed by atoms with E-state index in [9.17, 15) is 14.4 Å². The van der Waals surface area contributed by atoms with Crippen LogP contribution in [0.15, 0.2) is 54.7 Å². The number of piperidine rings is 1. The van der Waals surface area contributed by atoms with Crippen LogP contribution in [0.1, 0.15) is 46.8 Å². The Bertz CT molecular complexity index is 1190. The number of hydrogen-bond acceptors (Lipinski definition) is 5. The molecule has 0 bridgehead atoms. The fourth-order valence-electron chi connectivity index (χ4n) is 5.16. The Morgan fingerprint density at radius 3 is 2.53 bits per heavy atom. The lowest BCUT2D eigenvalue weighted by Gasteiger charge is -2.33. The minimum atomic E-state index is -0.490. The SMILES string of the molecule is C=C1CCC(N2Cc3c(OCc4ccc(CN5CCN(CC)C(=O)C5)cc4)cccc3C2=O)C(=O)N1. The summed E-state index contributed by atoms with van der Waals surface area (Å²) in [5.41, 5.74) is 4.30. The fourth-order valence-corrected chi connectivity index (χ4v) is 5.16. The topological polar surface area (TPSA) is 82.2 Å². The van der Waals surface area contributed by atoms with Crippen LogP contribution in [0, 0.1) is 0 Å². The highest BCUT2D eigenvalue weighted by molar-refractivity contribution is 6.02. The molecule has 0 saturated carbocycles. The molecule has 0 aliphatic carbocycles. The highest BCUT2D eigenvalue weighted by atomic mass is 16.5. The molecule has 3 aliphatic rings. The monoisotopic (exact) mass is 488 g/mol. The molecule has 3 amide bonds. The summed E-state index contributed by atoms with van der Waals surface area (Å²) in [6.45, 7) is 10.2. The summed E-state index contributed by atoms with van der Waals surface area (Å²) >= 11 is 0. The van der Waals surface area contributed by atoms with Gasteiger partial charge in [-0.05, 0) is 43.0 Å². The number of rotatable bonds is 7. The molecule has 1 N–H and O–H groups in total. The van der Waals surface area contributed by atoms with Gasteiger partial charge in [-0.25, -0.2) is 0 Å². The molecule has 1 atom stereocenters. The summed E-state index contributed by atoms with van der Waals surface area (Å²) in [4.78, 5) is 43.4. The standard InChI is InChI=1S/C28H32N4O4/c1-3-31-14-13-30(17-26(31)33)15-20-8-10-21(11-9-20)18-36-25-6-4-5-22-23(25)16-32(28(22)35)24-12-7-19(2)29-27(24)34/h4-6,8-11,24H,2-3,7,12-18H2,1H3,(H,29,34). The summed E-state index contributed by atoms with van der Waals surface area (Å²) in [6.07, 6.45) is 1.25. The zero-order chi connectivity index (χ0) is 25.2. The van der Waals surface area contributed by atoms with E-state index in [4.69, 9.17) is 4.74 Å². The number of carbonyl (C=O) groups excluding carboxylic acids is 3. The minimum absolute atomic E-state index is 0.134. The molecule has 8 heteroatoms. The Morgan fingerprint density at radius 2 is 1.81 bits per heavy atom. The molecule has 2 fully saturated rings. The molecule has 3 heterocycles. The van der Waals surface area contributed by atoms with Crippen LogP contribution in [0.2, 0.25) is 0 Å². The lowest BCUT2D eigenvalue weighted by Crippen LogP contribution is -2.49. The molecule has 0 spiro atoms. The van der Waals surface area contributed by atoms with Crippen molar-refractivity contribution in [1.82, 2.24) is 20.0 Å². The van der Waals surface area contributed by atoms with E-state index in [-0.39, 0.29) is 17.7 Å². The van der Waals surface area contributed by atoms with E-state index < -0.39 is 6.04 Å². The highest BCUT2D eigenvalue weighted by Crippen LogP contribution is 2.34. The second-order valence-electron chi connectivity index (χ2n) is 9.65. The predicted molar refractivity (Wildman–Crippen MR) is 135 cm³/mol. The molecule has 3 aliphatic heterocycles. The number of fused-ring (bicyclic) bond motifs is 1. The lowest BCUT2D eigenvalue weighted by molar-refractivity contribution is -0.136. The van der Waals surface area contributed by atoms with Crippen molar-refractivity contribution < 1.29 is 19.1 Å². The number of amides is 3. The third-order valence-electron chi connectivity index (χ3n) is 7.25. The van der Waals surface area contributed by atoms with Gasteiger partial charge >= 0.3 is 0 Å². The Labute approximate surface area is 211 Å². The third kappa shape index (κ3) is 4.86. The van der Waals surface area contributed by atoms with E-state index in [1.807, 2.05) is 36.1 Å². The van der Waals surface area contributed by atoms with Gasteiger partial charge in [-0.3, -0.25) is 19.3 Å². The lowest BCUT2D eigenvalue weighted by atomic mass is 10.0. The van der Waals surface area contributed by atoms with Crippen LogP contribution in [0.5, 0.6) is 5.75 Å². The first kappa shape index (κ1) is 24.1. The van der Waals surface area contributed by atoms with Gasteiger partial charge in [0.25, 0.3) is 5.91 Å². The van der Waals surface area contributed by atoms with Crippen molar-refractivity contribution in [2.45, 2.75) is 45.5 Å². The number of piperazine rings is 1. The second-order valence-corrected chi connectivity index (χ2v) is 9.65. The molecule has 1 unspecified atom stereocenters. The van der Waals surface area contributed by atoms with Crippen LogP contribution in [0.4, 0.5) is 0 Å². The van der Waals surface area contributed by atoms with E-state index in [1.165, 1.54) is 0 Å².